The molecule has 0 fully saturated rings. The minimum atomic E-state index is -4.97. The first-order valence-corrected chi connectivity index (χ1v) is 7.58. The minimum Gasteiger partial charge on any atom is -0.323 e. The first-order valence-electron chi connectivity index (χ1n) is 4.36. The summed E-state index contributed by atoms with van der Waals surface area (Å²) >= 11 is 0. The molecule has 0 saturated heterocycles. The van der Waals surface area contributed by atoms with Gasteiger partial charge in [-0.3, -0.25) is 14.1 Å². The molecule has 0 aliphatic carbocycles. The zero-order valence-electron chi connectivity index (χ0n) is 8.45. The molecule has 1 heterocycles. The number of aromatic nitrogens is 1. The summed E-state index contributed by atoms with van der Waals surface area (Å²) < 4.78 is 25.7. The summed E-state index contributed by atoms with van der Waals surface area (Å²) in [6.45, 7) is 0. The number of phosphoric acid groups is 1. The van der Waals surface area contributed by atoms with Crippen LogP contribution in [0.3, 0.4) is 0 Å². The fourth-order valence-corrected chi connectivity index (χ4v) is 2.80. The zero-order valence-corrected chi connectivity index (χ0v) is 10.2. The van der Waals surface area contributed by atoms with Crippen molar-refractivity contribution in [3.63, 3.8) is 0 Å². The van der Waals surface area contributed by atoms with Gasteiger partial charge in [0.2, 0.25) is 0 Å². The van der Waals surface area contributed by atoms with Crippen molar-refractivity contribution in [3.05, 3.63) is 30.1 Å². The van der Waals surface area contributed by atoms with E-state index in [2.05, 4.69) is 9.51 Å². The Bertz CT molecular complexity index is 453. The Hall–Kier alpha value is -0.590. The molecule has 1 rings (SSSR count). The van der Waals surface area contributed by atoms with Crippen molar-refractivity contribution in [2.24, 2.45) is 0 Å². The maximum absolute atomic E-state index is 11.0. The molecular formula is C7H11NO7P2. The van der Waals surface area contributed by atoms with Crippen LogP contribution in [0.1, 0.15) is 5.56 Å². The van der Waals surface area contributed by atoms with E-state index >= 15 is 0 Å². The van der Waals surface area contributed by atoms with Gasteiger partial charge in [0.1, 0.15) is 0 Å². The van der Waals surface area contributed by atoms with Crippen LogP contribution in [0.15, 0.2) is 24.5 Å². The molecule has 96 valence electrons. The second-order valence-corrected chi connectivity index (χ2v) is 6.15. The Labute approximate surface area is 96.7 Å². The molecular weight excluding hydrogens is 272 g/mol. The molecule has 0 amide bonds. The molecule has 0 bridgehead atoms. The Morgan fingerprint density at radius 3 is 2.35 bits per heavy atom. The molecule has 0 radical (unpaired) electrons. The first-order chi connectivity index (χ1) is 7.68. The van der Waals surface area contributed by atoms with E-state index in [0.717, 1.165) is 0 Å². The monoisotopic (exact) mass is 283 g/mol. The van der Waals surface area contributed by atoms with Gasteiger partial charge in [0, 0.05) is 18.8 Å². The van der Waals surface area contributed by atoms with Crippen LogP contribution in [0.5, 0.6) is 0 Å². The molecule has 0 spiro atoms. The number of hydrogen-bond donors (Lipinski definition) is 4. The minimum absolute atomic E-state index is 0.344. The van der Waals surface area contributed by atoms with Crippen LogP contribution in [0.4, 0.5) is 0 Å². The summed E-state index contributed by atoms with van der Waals surface area (Å²) in [6, 6.07) is 3.04. The topological polar surface area (TPSA) is 137 Å². The molecule has 1 unspecified atom stereocenters. The standard InChI is InChI=1S/C7H11NO7P2/c9-16(10,11)7(15-17(12,13)14)4-6-2-1-3-8-5-6/h1-3,5,7H,4H2,(H2,9,10,11)(H2,12,13,14). The van der Waals surface area contributed by atoms with Crippen molar-refractivity contribution < 1.29 is 33.2 Å². The Morgan fingerprint density at radius 2 is 1.94 bits per heavy atom. The third-order valence-electron chi connectivity index (χ3n) is 1.77. The predicted octanol–water partition coefficient (Wildman–Crippen LogP) is 0.237. The summed E-state index contributed by atoms with van der Waals surface area (Å²) in [6.07, 6.45) is 2.44. The van der Waals surface area contributed by atoms with Crippen LogP contribution in [-0.2, 0) is 20.1 Å². The van der Waals surface area contributed by atoms with Gasteiger partial charge in [0.15, 0.2) is 5.85 Å². The molecule has 17 heavy (non-hydrogen) atoms. The first kappa shape index (κ1) is 14.5. The molecule has 0 aromatic carbocycles. The Balaban J connectivity index is 2.86. The quantitative estimate of drug-likeness (QED) is 0.564. The molecule has 0 aliphatic rings. The fourth-order valence-electron chi connectivity index (χ4n) is 1.10. The van der Waals surface area contributed by atoms with E-state index < -0.39 is 21.3 Å². The van der Waals surface area contributed by atoms with E-state index in [-0.39, 0.29) is 6.42 Å². The second-order valence-electron chi connectivity index (χ2n) is 3.21. The SMILES string of the molecule is O=P(O)(O)OC(Cc1cccnc1)P(=O)(O)O. The van der Waals surface area contributed by atoms with Gasteiger partial charge in [-0.2, -0.15) is 0 Å². The third-order valence-corrected chi connectivity index (χ3v) is 3.50. The number of pyridine rings is 1. The normalized spacial score (nSPS) is 14.6. The van der Waals surface area contributed by atoms with Gasteiger partial charge in [0.25, 0.3) is 0 Å². The van der Waals surface area contributed by atoms with E-state index in [4.69, 9.17) is 19.6 Å². The molecule has 8 nitrogen and oxygen atoms in total. The average molecular weight is 283 g/mol. The molecule has 1 aromatic rings. The molecule has 0 saturated carbocycles. The van der Waals surface area contributed by atoms with Crippen LogP contribution in [-0.4, -0.2) is 30.4 Å². The molecule has 0 aliphatic heterocycles. The summed E-state index contributed by atoms with van der Waals surface area (Å²) in [5, 5.41) is 0. The van der Waals surface area contributed by atoms with Crippen molar-refractivity contribution >= 4 is 15.4 Å². The van der Waals surface area contributed by atoms with Gasteiger partial charge in [-0.1, -0.05) is 6.07 Å². The van der Waals surface area contributed by atoms with Crippen molar-refractivity contribution in [2.75, 3.05) is 0 Å². The van der Waals surface area contributed by atoms with E-state index in [9.17, 15) is 9.13 Å². The number of phosphoric ester groups is 1. The summed E-state index contributed by atoms with van der Waals surface area (Å²) in [5.74, 6) is -1.90. The highest BCUT2D eigenvalue weighted by Gasteiger charge is 2.35. The smallest absolute Gasteiger partial charge is 0.323 e. The third kappa shape index (κ3) is 5.52. The van der Waals surface area contributed by atoms with Gasteiger partial charge in [-0.05, 0) is 11.6 Å². The average Bonchev–Trinajstić information content (AvgIpc) is 2.15. The summed E-state index contributed by atoms with van der Waals surface area (Å²) in [5.41, 5.74) is 0.397. The molecule has 1 aromatic heterocycles. The fraction of sp³-hybridized carbons (Fsp3) is 0.286. The highest BCUT2D eigenvalue weighted by Crippen LogP contribution is 2.51. The highest BCUT2D eigenvalue weighted by molar-refractivity contribution is 7.53. The Morgan fingerprint density at radius 1 is 1.29 bits per heavy atom. The summed E-state index contributed by atoms with van der Waals surface area (Å²) in [7, 11) is -9.75. The van der Waals surface area contributed by atoms with Crippen molar-refractivity contribution in [1.82, 2.24) is 4.98 Å². The van der Waals surface area contributed by atoms with Crippen LogP contribution in [0.2, 0.25) is 0 Å². The maximum Gasteiger partial charge on any atom is 0.470 e. The van der Waals surface area contributed by atoms with E-state index in [1.54, 1.807) is 0 Å². The lowest BCUT2D eigenvalue weighted by molar-refractivity contribution is 0.154. The van der Waals surface area contributed by atoms with Crippen molar-refractivity contribution in [2.45, 2.75) is 12.3 Å². The number of hydrogen-bond acceptors (Lipinski definition) is 4. The number of nitrogens with zero attached hydrogens (tertiary/aromatic N) is 1. The van der Waals surface area contributed by atoms with Crippen molar-refractivity contribution in [3.8, 4) is 0 Å². The zero-order chi connectivity index (χ0) is 13.1. The number of rotatable bonds is 5. The predicted molar refractivity (Wildman–Crippen MR) is 56.9 cm³/mol. The molecule has 4 N–H and O–H groups in total. The van der Waals surface area contributed by atoms with E-state index in [0.29, 0.717) is 5.56 Å². The molecule has 10 heteroatoms. The van der Waals surface area contributed by atoms with Crippen LogP contribution >= 0.6 is 15.4 Å². The lowest BCUT2D eigenvalue weighted by Crippen LogP contribution is -2.15. The highest BCUT2D eigenvalue weighted by atomic mass is 31.2. The second kappa shape index (κ2) is 5.37. The lowest BCUT2D eigenvalue weighted by Gasteiger charge is -2.19. The van der Waals surface area contributed by atoms with Gasteiger partial charge < -0.3 is 19.6 Å². The molecule has 1 atom stereocenters. The largest absolute Gasteiger partial charge is 0.470 e. The van der Waals surface area contributed by atoms with E-state index in [1.165, 1.54) is 24.5 Å². The van der Waals surface area contributed by atoms with Crippen molar-refractivity contribution in [1.29, 1.82) is 0 Å². The van der Waals surface area contributed by atoms with Crippen LogP contribution < -0.4 is 0 Å². The van der Waals surface area contributed by atoms with Crippen LogP contribution in [0, 0.1) is 0 Å². The summed E-state index contributed by atoms with van der Waals surface area (Å²) in [4.78, 5) is 38.7. The van der Waals surface area contributed by atoms with Gasteiger partial charge in [-0.25, -0.2) is 4.57 Å². The van der Waals surface area contributed by atoms with Crippen LogP contribution in [0.25, 0.3) is 0 Å². The van der Waals surface area contributed by atoms with Gasteiger partial charge in [0.05, 0.1) is 0 Å². The maximum atomic E-state index is 11.0. The van der Waals surface area contributed by atoms with Gasteiger partial charge in [-0.15, -0.1) is 0 Å². The van der Waals surface area contributed by atoms with Gasteiger partial charge >= 0.3 is 15.4 Å². The van der Waals surface area contributed by atoms with E-state index in [1.807, 2.05) is 0 Å². The lowest BCUT2D eigenvalue weighted by atomic mass is 10.2. The Kier molecular flexibility index (Phi) is 4.57.